The van der Waals surface area contributed by atoms with Crippen molar-refractivity contribution in [2.24, 2.45) is 0 Å². The van der Waals surface area contributed by atoms with Crippen molar-refractivity contribution in [2.75, 3.05) is 0 Å². The summed E-state index contributed by atoms with van der Waals surface area (Å²) in [5.41, 5.74) is 11.3. The molecule has 0 bridgehead atoms. The van der Waals surface area contributed by atoms with Crippen LogP contribution >= 0.6 is 0 Å². The van der Waals surface area contributed by atoms with Crippen LogP contribution in [0.3, 0.4) is 0 Å². The van der Waals surface area contributed by atoms with Crippen molar-refractivity contribution < 1.29 is 8.83 Å². The quantitative estimate of drug-likeness (QED) is 0.160. The van der Waals surface area contributed by atoms with Gasteiger partial charge in [0, 0.05) is 27.8 Å². The molecular weight excluding hydrogens is 715 g/mol. The van der Waals surface area contributed by atoms with E-state index in [0.29, 0.717) is 40.4 Å². The number of para-hydroxylation sites is 4. The highest BCUT2D eigenvalue weighted by atomic mass is 16.4. The first kappa shape index (κ1) is 33.3. The molecule has 58 heavy (non-hydrogen) atoms. The van der Waals surface area contributed by atoms with Crippen molar-refractivity contribution in [2.45, 2.75) is 0 Å². The number of benzene rings is 8. The van der Waals surface area contributed by atoms with Crippen LogP contribution in [0.1, 0.15) is 0 Å². The lowest BCUT2D eigenvalue weighted by atomic mass is 9.99. The van der Waals surface area contributed by atoms with Gasteiger partial charge >= 0.3 is 0 Å². The zero-order chi connectivity index (χ0) is 38.4. The summed E-state index contributed by atoms with van der Waals surface area (Å²) < 4.78 is 12.6. The van der Waals surface area contributed by atoms with Crippen LogP contribution in [-0.2, 0) is 0 Å². The van der Waals surface area contributed by atoms with E-state index in [0.717, 1.165) is 61.1 Å². The molecule has 0 atom stereocenters. The average molecular weight is 746 g/mol. The van der Waals surface area contributed by atoms with E-state index in [1.807, 2.05) is 91.0 Å². The third-order valence-electron chi connectivity index (χ3n) is 10.4. The van der Waals surface area contributed by atoms with Gasteiger partial charge in [0.2, 0.25) is 11.8 Å². The van der Waals surface area contributed by atoms with Crippen LogP contribution in [0.4, 0.5) is 0 Å². The van der Waals surface area contributed by atoms with Gasteiger partial charge in [0.05, 0.1) is 0 Å². The number of fused-ring (bicyclic) bond motifs is 3. The number of rotatable bonds is 7. The largest absolute Gasteiger partial charge is 0.436 e. The first-order chi connectivity index (χ1) is 28.7. The van der Waals surface area contributed by atoms with E-state index in [1.54, 1.807) is 0 Å². The zero-order valence-corrected chi connectivity index (χ0v) is 31.0. The topological polar surface area (TPSA) is 90.7 Å². The normalized spacial score (nSPS) is 11.4. The Labute approximate surface area is 333 Å². The minimum Gasteiger partial charge on any atom is -0.436 e. The van der Waals surface area contributed by atoms with E-state index in [4.69, 9.17) is 33.8 Å². The van der Waals surface area contributed by atoms with Crippen LogP contribution in [0.25, 0.3) is 112 Å². The molecule has 0 spiro atoms. The molecule has 0 aliphatic carbocycles. The fraction of sp³-hybridized carbons (Fsp3) is 0. The molecule has 7 nitrogen and oxygen atoms in total. The van der Waals surface area contributed by atoms with Gasteiger partial charge in [-0.1, -0.05) is 133 Å². The molecule has 0 radical (unpaired) electrons. The number of hydrogen-bond acceptors (Lipinski definition) is 7. The predicted octanol–water partition coefficient (Wildman–Crippen LogP) is 13.0. The first-order valence-electron chi connectivity index (χ1n) is 19.1. The van der Waals surface area contributed by atoms with Gasteiger partial charge in [0.25, 0.3) is 0 Å². The van der Waals surface area contributed by atoms with Crippen LogP contribution in [0.15, 0.2) is 197 Å². The summed E-state index contributed by atoms with van der Waals surface area (Å²) >= 11 is 0. The van der Waals surface area contributed by atoms with Crippen molar-refractivity contribution in [3.05, 3.63) is 188 Å². The Morgan fingerprint density at radius 3 is 1.38 bits per heavy atom. The monoisotopic (exact) mass is 745 g/mol. The van der Waals surface area contributed by atoms with Gasteiger partial charge in [-0.3, -0.25) is 0 Å². The molecule has 3 heterocycles. The maximum atomic E-state index is 6.30. The van der Waals surface area contributed by atoms with Crippen molar-refractivity contribution in [1.29, 1.82) is 0 Å². The van der Waals surface area contributed by atoms with Crippen molar-refractivity contribution >= 4 is 33.0 Å². The number of oxazole rings is 2. The summed E-state index contributed by atoms with van der Waals surface area (Å²) in [6, 6.07) is 63.4. The van der Waals surface area contributed by atoms with Crippen molar-refractivity contribution in [1.82, 2.24) is 24.9 Å². The number of nitrogens with zero attached hydrogens (tertiary/aromatic N) is 5. The summed E-state index contributed by atoms with van der Waals surface area (Å²) in [4.78, 5) is 25.1. The molecule has 8 aromatic carbocycles. The van der Waals surface area contributed by atoms with E-state index in [-0.39, 0.29) is 0 Å². The SMILES string of the molecule is c1ccc(-c2ccc(-c3nc(-c4cccc(-c5ccc6ccccc6c5)c4)nc(-c4cc(-c5nc6ccccc6o5)cc(-c5nc6ccccc6o5)c4)n3)cc2)cc1. The third-order valence-corrected chi connectivity index (χ3v) is 10.4. The van der Waals surface area contributed by atoms with Crippen LogP contribution in [0.2, 0.25) is 0 Å². The molecule has 0 saturated heterocycles. The lowest BCUT2D eigenvalue weighted by molar-refractivity contribution is 0.617. The van der Waals surface area contributed by atoms with E-state index in [1.165, 1.54) is 10.8 Å². The maximum Gasteiger partial charge on any atom is 0.227 e. The molecule has 0 fully saturated rings. The molecule has 11 rings (SSSR count). The van der Waals surface area contributed by atoms with E-state index >= 15 is 0 Å². The summed E-state index contributed by atoms with van der Waals surface area (Å²) in [7, 11) is 0. The van der Waals surface area contributed by atoms with Gasteiger partial charge in [-0.15, -0.1) is 0 Å². The third kappa shape index (κ3) is 6.27. The van der Waals surface area contributed by atoms with Crippen molar-refractivity contribution in [3.8, 4) is 79.3 Å². The molecule has 0 aliphatic rings. The van der Waals surface area contributed by atoms with E-state index in [2.05, 4.69) is 97.1 Å². The molecule has 0 unspecified atom stereocenters. The predicted molar refractivity (Wildman–Crippen MR) is 231 cm³/mol. The highest BCUT2D eigenvalue weighted by Gasteiger charge is 2.19. The molecule has 0 N–H and O–H groups in total. The van der Waals surface area contributed by atoms with Gasteiger partial charge in [0.1, 0.15) is 11.0 Å². The molecule has 0 saturated carbocycles. The van der Waals surface area contributed by atoms with Crippen LogP contribution in [0.5, 0.6) is 0 Å². The molecule has 3 aromatic heterocycles. The summed E-state index contributed by atoms with van der Waals surface area (Å²) in [5, 5.41) is 2.38. The maximum absolute atomic E-state index is 6.30. The highest BCUT2D eigenvalue weighted by Crippen LogP contribution is 2.36. The van der Waals surface area contributed by atoms with Gasteiger partial charge in [-0.05, 0) is 87.6 Å². The molecule has 11 aromatic rings. The Hall–Kier alpha value is -8.03. The Morgan fingerprint density at radius 2 is 0.707 bits per heavy atom. The van der Waals surface area contributed by atoms with Gasteiger partial charge in [-0.25, -0.2) is 24.9 Å². The lowest BCUT2D eigenvalue weighted by Gasteiger charge is -2.11. The van der Waals surface area contributed by atoms with Gasteiger partial charge in [-0.2, -0.15) is 0 Å². The summed E-state index contributed by atoms with van der Waals surface area (Å²) in [6.07, 6.45) is 0. The average Bonchev–Trinajstić information content (AvgIpc) is 3.95. The van der Waals surface area contributed by atoms with Crippen LogP contribution in [-0.4, -0.2) is 24.9 Å². The first-order valence-corrected chi connectivity index (χ1v) is 19.1. The minimum absolute atomic E-state index is 0.467. The van der Waals surface area contributed by atoms with Gasteiger partial charge < -0.3 is 8.83 Å². The Bertz CT molecular complexity index is 3140. The standard InChI is InChI=1S/C51H31N5O2/c1-2-11-32(12-3-1)34-21-24-35(25-22-34)47-54-48(39-16-10-15-37(28-39)38-26-23-33-13-4-5-14-36(33)27-38)56-49(55-47)40-29-41(50-52-43-17-6-8-19-45(43)57-50)31-42(30-40)51-53-44-18-7-9-20-46(44)58-51/h1-31H. The Kier molecular flexibility index (Phi) is 8.00. The summed E-state index contributed by atoms with van der Waals surface area (Å²) in [5.74, 6) is 2.51. The smallest absolute Gasteiger partial charge is 0.227 e. The summed E-state index contributed by atoms with van der Waals surface area (Å²) in [6.45, 7) is 0. The minimum atomic E-state index is 0.467. The fourth-order valence-corrected chi connectivity index (χ4v) is 7.41. The highest BCUT2D eigenvalue weighted by molar-refractivity contribution is 5.88. The number of hydrogen-bond donors (Lipinski definition) is 0. The fourth-order valence-electron chi connectivity index (χ4n) is 7.41. The zero-order valence-electron chi connectivity index (χ0n) is 31.0. The molecule has 0 amide bonds. The van der Waals surface area contributed by atoms with Crippen LogP contribution < -0.4 is 0 Å². The van der Waals surface area contributed by atoms with E-state index < -0.39 is 0 Å². The second-order valence-electron chi connectivity index (χ2n) is 14.2. The second-order valence-corrected chi connectivity index (χ2v) is 14.2. The van der Waals surface area contributed by atoms with Crippen molar-refractivity contribution in [3.63, 3.8) is 0 Å². The second kappa shape index (κ2) is 13.9. The molecule has 0 aliphatic heterocycles. The Balaban J connectivity index is 1.09. The van der Waals surface area contributed by atoms with E-state index in [9.17, 15) is 0 Å². The molecule has 272 valence electrons. The van der Waals surface area contributed by atoms with Crippen LogP contribution in [0, 0.1) is 0 Å². The van der Waals surface area contributed by atoms with Gasteiger partial charge in [0.15, 0.2) is 28.6 Å². The number of aromatic nitrogens is 5. The Morgan fingerprint density at radius 1 is 0.259 bits per heavy atom. The molecular formula is C51H31N5O2. The lowest BCUT2D eigenvalue weighted by Crippen LogP contribution is -2.01. The molecule has 7 heteroatoms.